The lowest BCUT2D eigenvalue weighted by Gasteiger charge is -2.13. The summed E-state index contributed by atoms with van der Waals surface area (Å²) >= 11 is 8.46. The van der Waals surface area contributed by atoms with E-state index in [4.69, 9.17) is 22.1 Å². The highest BCUT2D eigenvalue weighted by Crippen LogP contribution is 2.31. The molecule has 0 aliphatic rings. The number of carbonyl (C=O) groups excluding carboxylic acids is 1. The number of ether oxygens (including phenoxy) is 1. The van der Waals surface area contributed by atoms with Gasteiger partial charge in [0.25, 0.3) is 0 Å². The number of anilines is 2. The molecule has 0 aliphatic heterocycles. The molecule has 3 N–H and O–H groups in total. The van der Waals surface area contributed by atoms with E-state index in [0.29, 0.717) is 25.9 Å². The van der Waals surface area contributed by atoms with Crippen molar-refractivity contribution in [1.82, 2.24) is 10.2 Å². The van der Waals surface area contributed by atoms with E-state index in [-0.39, 0.29) is 11.2 Å². The maximum atomic E-state index is 12.2. The molecular weight excluding hydrogens is 332 g/mol. The molecular formula is C12H13ClN4O2S2. The molecule has 0 spiro atoms. The van der Waals surface area contributed by atoms with Gasteiger partial charge in [-0.3, -0.25) is 4.79 Å². The van der Waals surface area contributed by atoms with Gasteiger partial charge >= 0.3 is 0 Å². The van der Waals surface area contributed by atoms with E-state index in [1.807, 2.05) is 0 Å². The number of nitrogen functional groups attached to an aromatic ring is 1. The first-order chi connectivity index (χ1) is 9.99. The Morgan fingerprint density at radius 2 is 2.29 bits per heavy atom. The third-order valence-corrected chi connectivity index (χ3v) is 4.66. The maximum Gasteiger partial charge on any atom is 0.237 e. The van der Waals surface area contributed by atoms with Crippen molar-refractivity contribution in [3.63, 3.8) is 0 Å². The number of carbonyl (C=O) groups is 1. The van der Waals surface area contributed by atoms with E-state index in [9.17, 15) is 4.79 Å². The first-order valence-electron chi connectivity index (χ1n) is 5.89. The smallest absolute Gasteiger partial charge is 0.237 e. The van der Waals surface area contributed by atoms with Gasteiger partial charge in [-0.25, -0.2) is 0 Å². The van der Waals surface area contributed by atoms with Crippen LogP contribution in [0.15, 0.2) is 22.5 Å². The molecule has 0 saturated carbocycles. The van der Waals surface area contributed by atoms with Crippen LogP contribution < -0.4 is 15.8 Å². The lowest BCUT2D eigenvalue weighted by Crippen LogP contribution is -2.22. The molecule has 0 saturated heterocycles. The summed E-state index contributed by atoms with van der Waals surface area (Å²) in [4.78, 5) is 12.2. The summed E-state index contributed by atoms with van der Waals surface area (Å²) < 4.78 is 5.83. The number of amides is 1. The Balaban J connectivity index is 2.05. The Bertz CT molecular complexity index is 650. The summed E-state index contributed by atoms with van der Waals surface area (Å²) in [6, 6.07) is 5.03. The van der Waals surface area contributed by atoms with Crippen molar-refractivity contribution in [3.05, 3.63) is 23.2 Å². The number of nitrogens with two attached hydrogens (primary N) is 1. The number of methoxy groups -OCH3 is 1. The van der Waals surface area contributed by atoms with Crippen LogP contribution in [0.1, 0.15) is 6.92 Å². The lowest BCUT2D eigenvalue weighted by molar-refractivity contribution is -0.115. The fraction of sp³-hybridized carbons (Fsp3) is 0.250. The van der Waals surface area contributed by atoms with Gasteiger partial charge in [0.2, 0.25) is 11.0 Å². The highest BCUT2D eigenvalue weighted by atomic mass is 35.5. The second kappa shape index (κ2) is 6.97. The number of hydrogen-bond donors (Lipinski definition) is 2. The third-order valence-electron chi connectivity index (χ3n) is 2.49. The molecule has 0 fully saturated rings. The van der Waals surface area contributed by atoms with Gasteiger partial charge in [0.05, 0.1) is 18.0 Å². The lowest BCUT2D eigenvalue weighted by atomic mass is 10.3. The minimum absolute atomic E-state index is 0.186. The van der Waals surface area contributed by atoms with Gasteiger partial charge < -0.3 is 15.8 Å². The molecule has 0 aliphatic carbocycles. The zero-order chi connectivity index (χ0) is 15.4. The van der Waals surface area contributed by atoms with Crippen LogP contribution in [-0.2, 0) is 4.79 Å². The van der Waals surface area contributed by atoms with Crippen LogP contribution in [0, 0.1) is 0 Å². The average molecular weight is 345 g/mol. The van der Waals surface area contributed by atoms with E-state index in [1.165, 1.54) is 30.2 Å². The Morgan fingerprint density at radius 3 is 2.90 bits per heavy atom. The van der Waals surface area contributed by atoms with Crippen LogP contribution in [0.3, 0.4) is 0 Å². The molecule has 0 bridgehead atoms. The van der Waals surface area contributed by atoms with E-state index >= 15 is 0 Å². The standard InChI is InChI=1S/C12H13ClN4O2S2/c1-6(20-12-17-16-11(14)21-12)10(18)15-8-5-7(13)3-4-9(8)19-2/h3-6H,1-2H3,(H2,14,16)(H,15,18). The molecule has 1 heterocycles. The quantitative estimate of drug-likeness (QED) is 0.810. The normalized spacial score (nSPS) is 12.0. The van der Waals surface area contributed by atoms with E-state index in [1.54, 1.807) is 25.1 Å². The van der Waals surface area contributed by atoms with Gasteiger partial charge in [-0.15, -0.1) is 10.2 Å². The van der Waals surface area contributed by atoms with Crippen molar-refractivity contribution >= 4 is 51.4 Å². The van der Waals surface area contributed by atoms with Gasteiger partial charge in [-0.1, -0.05) is 34.7 Å². The molecule has 0 radical (unpaired) electrons. The van der Waals surface area contributed by atoms with Gasteiger partial charge in [-0.05, 0) is 25.1 Å². The third kappa shape index (κ3) is 4.23. The summed E-state index contributed by atoms with van der Waals surface area (Å²) in [6.07, 6.45) is 0. The molecule has 21 heavy (non-hydrogen) atoms. The van der Waals surface area contributed by atoms with Gasteiger partial charge in [0, 0.05) is 5.02 Å². The molecule has 1 aromatic heterocycles. The van der Waals surface area contributed by atoms with E-state index in [2.05, 4.69) is 15.5 Å². The maximum absolute atomic E-state index is 12.2. The summed E-state index contributed by atoms with van der Waals surface area (Å²) in [5, 5.41) is 10.9. The number of thioether (sulfide) groups is 1. The number of rotatable bonds is 5. The topological polar surface area (TPSA) is 90.1 Å². The predicted octanol–water partition coefficient (Wildman–Crippen LogP) is 2.90. The molecule has 112 valence electrons. The number of halogens is 1. The van der Waals surface area contributed by atoms with Crippen LogP contribution in [0.2, 0.25) is 5.02 Å². The van der Waals surface area contributed by atoms with Crippen LogP contribution in [0.5, 0.6) is 5.75 Å². The average Bonchev–Trinajstić information content (AvgIpc) is 2.84. The SMILES string of the molecule is COc1ccc(Cl)cc1NC(=O)C(C)Sc1nnc(N)s1. The Kier molecular flexibility index (Phi) is 5.27. The van der Waals surface area contributed by atoms with Crippen LogP contribution >= 0.6 is 34.7 Å². The van der Waals surface area contributed by atoms with Crippen LogP contribution in [0.25, 0.3) is 0 Å². The molecule has 1 atom stereocenters. The summed E-state index contributed by atoms with van der Waals surface area (Å²) in [6.45, 7) is 1.77. The number of benzene rings is 1. The molecule has 1 aromatic carbocycles. The van der Waals surface area contributed by atoms with Crippen molar-refractivity contribution in [2.75, 3.05) is 18.2 Å². The monoisotopic (exact) mass is 344 g/mol. The largest absolute Gasteiger partial charge is 0.495 e. The van der Waals surface area contributed by atoms with Gasteiger partial charge in [-0.2, -0.15) is 0 Å². The number of hydrogen-bond acceptors (Lipinski definition) is 7. The van der Waals surface area contributed by atoms with Crippen molar-refractivity contribution in [2.45, 2.75) is 16.5 Å². The highest BCUT2D eigenvalue weighted by molar-refractivity contribution is 8.02. The second-order valence-electron chi connectivity index (χ2n) is 4.00. The van der Waals surface area contributed by atoms with Gasteiger partial charge in [0.15, 0.2) is 4.34 Å². The molecule has 1 unspecified atom stereocenters. The molecule has 2 aromatic rings. The second-order valence-corrected chi connectivity index (χ2v) is 7.03. The summed E-state index contributed by atoms with van der Waals surface area (Å²) in [5.74, 6) is 0.361. The minimum Gasteiger partial charge on any atom is -0.495 e. The van der Waals surface area contributed by atoms with Crippen molar-refractivity contribution < 1.29 is 9.53 Å². The summed E-state index contributed by atoms with van der Waals surface area (Å²) in [5.41, 5.74) is 6.04. The van der Waals surface area contributed by atoms with E-state index in [0.717, 1.165) is 0 Å². The summed E-state index contributed by atoms with van der Waals surface area (Å²) in [7, 11) is 1.53. The number of aromatic nitrogens is 2. The molecule has 1 amide bonds. The Labute approximate surface area is 135 Å². The zero-order valence-corrected chi connectivity index (χ0v) is 13.7. The highest BCUT2D eigenvalue weighted by Gasteiger charge is 2.18. The minimum atomic E-state index is -0.360. The first-order valence-corrected chi connectivity index (χ1v) is 7.97. The van der Waals surface area contributed by atoms with E-state index < -0.39 is 0 Å². The van der Waals surface area contributed by atoms with Crippen molar-refractivity contribution in [1.29, 1.82) is 0 Å². The first kappa shape index (κ1) is 15.9. The Hall–Kier alpha value is -1.51. The van der Waals surface area contributed by atoms with Gasteiger partial charge in [0.1, 0.15) is 5.75 Å². The van der Waals surface area contributed by atoms with Crippen LogP contribution in [-0.4, -0.2) is 28.5 Å². The Morgan fingerprint density at radius 1 is 1.52 bits per heavy atom. The van der Waals surface area contributed by atoms with Crippen molar-refractivity contribution in [3.8, 4) is 5.75 Å². The van der Waals surface area contributed by atoms with Crippen LogP contribution in [0.4, 0.5) is 10.8 Å². The fourth-order valence-corrected chi connectivity index (χ4v) is 3.44. The molecule has 2 rings (SSSR count). The predicted molar refractivity (Wildman–Crippen MR) is 86.3 cm³/mol. The number of nitrogens with zero attached hydrogens (tertiary/aromatic N) is 2. The zero-order valence-electron chi connectivity index (χ0n) is 11.3. The number of nitrogens with one attached hydrogen (secondary N) is 1. The molecule has 6 nitrogen and oxygen atoms in total. The molecule has 9 heteroatoms. The van der Waals surface area contributed by atoms with Crippen molar-refractivity contribution in [2.24, 2.45) is 0 Å². The fourth-order valence-electron chi connectivity index (χ4n) is 1.49.